The third-order valence-electron chi connectivity index (χ3n) is 3.16. The van der Waals surface area contributed by atoms with E-state index in [0.717, 1.165) is 28.8 Å². The summed E-state index contributed by atoms with van der Waals surface area (Å²) in [4.78, 5) is 1.18. The molecule has 2 aromatic heterocycles. The zero-order chi connectivity index (χ0) is 14.7. The molecule has 110 valence electrons. The van der Waals surface area contributed by atoms with Gasteiger partial charge in [-0.25, -0.2) is 0 Å². The summed E-state index contributed by atoms with van der Waals surface area (Å²) in [5.74, 6) is 0.363. The number of aryl methyl sites for hydroxylation is 1. The maximum atomic E-state index is 4.32. The first kappa shape index (κ1) is 15.6. The fourth-order valence-electron chi connectivity index (χ4n) is 2.15. The van der Waals surface area contributed by atoms with E-state index >= 15 is 0 Å². The van der Waals surface area contributed by atoms with Crippen LogP contribution in [0.25, 0.3) is 0 Å². The lowest BCUT2D eigenvalue weighted by atomic mass is 10.0. The van der Waals surface area contributed by atoms with Crippen LogP contribution >= 0.6 is 27.5 Å². The zero-order valence-electron chi connectivity index (χ0n) is 12.2. The molecule has 2 heterocycles. The predicted molar refractivity (Wildman–Crippen MR) is 85.0 cm³/mol. The van der Waals surface area contributed by atoms with Gasteiger partial charge in [0, 0.05) is 7.05 Å². The Morgan fingerprint density at radius 3 is 2.75 bits per heavy atom. The van der Waals surface area contributed by atoms with Crippen molar-refractivity contribution in [3.05, 3.63) is 26.9 Å². The fourth-order valence-corrected chi connectivity index (χ4v) is 3.62. The molecule has 0 bridgehead atoms. The minimum Gasteiger partial charge on any atom is -0.304 e. The van der Waals surface area contributed by atoms with Gasteiger partial charge in [0.05, 0.1) is 33.0 Å². The number of nitrogens with zero attached hydrogens (tertiary/aromatic N) is 4. The number of halogens is 1. The van der Waals surface area contributed by atoms with Crippen LogP contribution < -0.4 is 5.32 Å². The summed E-state index contributed by atoms with van der Waals surface area (Å²) in [5.41, 5.74) is 2.18. The monoisotopic (exact) mass is 357 g/mol. The second-order valence-corrected chi connectivity index (χ2v) is 6.71. The summed E-state index contributed by atoms with van der Waals surface area (Å²) in [6.07, 6.45) is 2.91. The Morgan fingerprint density at radius 1 is 1.45 bits per heavy atom. The number of hydrogen-bond acceptors (Lipinski definition) is 5. The Balaban J connectivity index is 2.45. The molecular weight excluding hydrogens is 338 g/mol. The molecule has 1 unspecified atom stereocenters. The quantitative estimate of drug-likeness (QED) is 0.861. The predicted octanol–water partition coefficient (Wildman–Crippen LogP) is 3.25. The van der Waals surface area contributed by atoms with Crippen LogP contribution in [0.4, 0.5) is 0 Å². The average Bonchev–Trinajstić information content (AvgIpc) is 3.00. The van der Waals surface area contributed by atoms with Crippen molar-refractivity contribution in [3.8, 4) is 0 Å². The highest BCUT2D eigenvalue weighted by Crippen LogP contribution is 2.33. The molecule has 0 saturated heterocycles. The molecule has 0 aromatic carbocycles. The van der Waals surface area contributed by atoms with Crippen molar-refractivity contribution < 1.29 is 0 Å². The average molecular weight is 358 g/mol. The van der Waals surface area contributed by atoms with Crippen molar-refractivity contribution in [1.29, 1.82) is 0 Å². The molecule has 2 aromatic rings. The van der Waals surface area contributed by atoms with Gasteiger partial charge in [-0.3, -0.25) is 4.68 Å². The fraction of sp³-hybridized carbons (Fsp3) is 0.615. The standard InChI is InChI=1S/C13H20BrN5S/c1-5-6-15-11(12-9(14)7-16-19(12)4)13-10(8(2)3)17-18-20-13/h7-8,11,15H,5-6H2,1-4H3. The summed E-state index contributed by atoms with van der Waals surface area (Å²) in [6.45, 7) is 7.40. The van der Waals surface area contributed by atoms with Gasteiger partial charge in [-0.05, 0) is 46.3 Å². The number of nitrogens with one attached hydrogen (secondary N) is 1. The Hall–Kier alpha value is -0.790. The van der Waals surface area contributed by atoms with Gasteiger partial charge in [0.15, 0.2) is 0 Å². The lowest BCUT2D eigenvalue weighted by Gasteiger charge is -2.19. The van der Waals surface area contributed by atoms with Crippen LogP contribution in [0.5, 0.6) is 0 Å². The summed E-state index contributed by atoms with van der Waals surface area (Å²) in [5, 5.41) is 12.2. The van der Waals surface area contributed by atoms with E-state index in [1.807, 2.05) is 17.9 Å². The Kier molecular flexibility index (Phi) is 5.29. The minimum atomic E-state index is 0.0780. The van der Waals surface area contributed by atoms with Gasteiger partial charge in [-0.15, -0.1) is 5.10 Å². The van der Waals surface area contributed by atoms with E-state index in [1.54, 1.807) is 0 Å². The van der Waals surface area contributed by atoms with Crippen molar-refractivity contribution in [2.24, 2.45) is 7.05 Å². The van der Waals surface area contributed by atoms with E-state index in [4.69, 9.17) is 0 Å². The zero-order valence-corrected chi connectivity index (χ0v) is 14.6. The molecule has 7 heteroatoms. The topological polar surface area (TPSA) is 55.6 Å². The summed E-state index contributed by atoms with van der Waals surface area (Å²) >= 11 is 5.06. The molecule has 20 heavy (non-hydrogen) atoms. The molecule has 0 saturated carbocycles. The SMILES string of the molecule is CCCNC(c1snnc1C(C)C)c1c(Br)cnn1C. The summed E-state index contributed by atoms with van der Waals surface area (Å²) in [7, 11) is 1.96. The second-order valence-electron chi connectivity index (χ2n) is 5.07. The largest absolute Gasteiger partial charge is 0.304 e. The van der Waals surface area contributed by atoms with E-state index in [-0.39, 0.29) is 6.04 Å². The van der Waals surface area contributed by atoms with Crippen LogP contribution in [-0.4, -0.2) is 25.9 Å². The summed E-state index contributed by atoms with van der Waals surface area (Å²) in [6, 6.07) is 0.0780. The van der Waals surface area contributed by atoms with Crippen LogP contribution in [0.3, 0.4) is 0 Å². The molecule has 0 amide bonds. The molecule has 1 N–H and O–H groups in total. The van der Waals surface area contributed by atoms with E-state index in [0.29, 0.717) is 5.92 Å². The smallest absolute Gasteiger partial charge is 0.0888 e. The van der Waals surface area contributed by atoms with Gasteiger partial charge in [0.25, 0.3) is 0 Å². The Labute approximate surface area is 132 Å². The van der Waals surface area contributed by atoms with Crippen LogP contribution in [0.2, 0.25) is 0 Å². The molecule has 5 nitrogen and oxygen atoms in total. The maximum absolute atomic E-state index is 4.32. The molecule has 0 radical (unpaired) electrons. The van der Waals surface area contributed by atoms with Crippen LogP contribution in [0.15, 0.2) is 10.7 Å². The van der Waals surface area contributed by atoms with Gasteiger partial charge >= 0.3 is 0 Å². The second kappa shape index (κ2) is 6.78. The van der Waals surface area contributed by atoms with Gasteiger partial charge in [0.1, 0.15) is 0 Å². The molecule has 2 rings (SSSR count). The maximum Gasteiger partial charge on any atom is 0.0888 e. The lowest BCUT2D eigenvalue weighted by molar-refractivity contribution is 0.551. The first-order valence-electron chi connectivity index (χ1n) is 6.79. The number of hydrogen-bond donors (Lipinski definition) is 1. The van der Waals surface area contributed by atoms with Crippen molar-refractivity contribution in [2.75, 3.05) is 6.54 Å². The molecule has 0 spiro atoms. The van der Waals surface area contributed by atoms with Gasteiger partial charge in [-0.2, -0.15) is 5.10 Å². The molecule has 1 atom stereocenters. The minimum absolute atomic E-state index is 0.0780. The Morgan fingerprint density at radius 2 is 2.20 bits per heavy atom. The van der Waals surface area contributed by atoms with E-state index < -0.39 is 0 Å². The third-order valence-corrected chi connectivity index (χ3v) is 4.57. The normalized spacial score (nSPS) is 13.1. The molecule has 0 aliphatic carbocycles. The molecule has 0 aliphatic heterocycles. The first-order valence-corrected chi connectivity index (χ1v) is 8.35. The van der Waals surface area contributed by atoms with Crippen LogP contribution in [0.1, 0.15) is 55.4 Å². The molecular formula is C13H20BrN5S. The highest BCUT2D eigenvalue weighted by Gasteiger charge is 2.26. The lowest BCUT2D eigenvalue weighted by Crippen LogP contribution is -2.26. The van der Waals surface area contributed by atoms with Gasteiger partial charge < -0.3 is 5.32 Å². The van der Waals surface area contributed by atoms with Crippen molar-refractivity contribution in [1.82, 2.24) is 24.7 Å². The van der Waals surface area contributed by atoms with Crippen LogP contribution in [0, 0.1) is 0 Å². The highest BCUT2D eigenvalue weighted by molar-refractivity contribution is 9.10. The number of aromatic nitrogens is 4. The first-order chi connectivity index (χ1) is 9.56. The molecule has 0 fully saturated rings. The van der Waals surface area contributed by atoms with E-state index in [1.165, 1.54) is 16.4 Å². The summed E-state index contributed by atoms with van der Waals surface area (Å²) < 4.78 is 7.06. The highest BCUT2D eigenvalue weighted by atomic mass is 79.9. The van der Waals surface area contributed by atoms with Crippen molar-refractivity contribution in [3.63, 3.8) is 0 Å². The Bertz CT molecular complexity index is 543. The van der Waals surface area contributed by atoms with Crippen molar-refractivity contribution in [2.45, 2.75) is 39.2 Å². The van der Waals surface area contributed by atoms with E-state index in [9.17, 15) is 0 Å². The van der Waals surface area contributed by atoms with E-state index in [2.05, 4.69) is 56.7 Å². The van der Waals surface area contributed by atoms with Gasteiger partial charge in [0.2, 0.25) is 0 Å². The van der Waals surface area contributed by atoms with Crippen molar-refractivity contribution >= 4 is 27.5 Å². The third kappa shape index (κ3) is 3.10. The van der Waals surface area contributed by atoms with Crippen LogP contribution in [-0.2, 0) is 7.05 Å². The van der Waals surface area contributed by atoms with Gasteiger partial charge in [-0.1, -0.05) is 25.3 Å². The molecule has 0 aliphatic rings. The number of rotatable bonds is 6.